The third kappa shape index (κ3) is 4.50. The van der Waals surface area contributed by atoms with Crippen LogP contribution in [-0.4, -0.2) is 35.9 Å². The summed E-state index contributed by atoms with van der Waals surface area (Å²) in [5.74, 6) is 1.20. The molecule has 0 heterocycles. The molecule has 1 atom stereocenters. The Morgan fingerprint density at radius 1 is 1.41 bits per heavy atom. The maximum absolute atomic E-state index is 12.2. The van der Waals surface area contributed by atoms with Gasteiger partial charge in [0, 0.05) is 22.2 Å². The topological polar surface area (TPSA) is 20.3 Å². The lowest BCUT2D eigenvalue weighted by Crippen LogP contribution is -2.35. The van der Waals surface area contributed by atoms with Crippen LogP contribution in [0.4, 0.5) is 0 Å². The first-order valence-corrected chi connectivity index (χ1v) is 8.05. The molecule has 1 aromatic carbocycles. The van der Waals surface area contributed by atoms with Gasteiger partial charge in [0.1, 0.15) is 0 Å². The van der Waals surface area contributed by atoms with E-state index in [1.54, 1.807) is 0 Å². The molecule has 0 radical (unpaired) electrons. The molecule has 0 fully saturated rings. The van der Waals surface area contributed by atoms with Gasteiger partial charge in [0.15, 0.2) is 0 Å². The monoisotopic (exact) mass is 363 g/mol. The lowest BCUT2D eigenvalue weighted by molar-refractivity contribution is 0.0741. The van der Waals surface area contributed by atoms with Crippen molar-refractivity contribution in [1.29, 1.82) is 0 Å². The second-order valence-electron chi connectivity index (χ2n) is 4.05. The number of hydrogen-bond acceptors (Lipinski definition) is 2. The van der Waals surface area contributed by atoms with E-state index in [0.29, 0.717) is 0 Å². The maximum Gasteiger partial charge on any atom is 0.253 e. The van der Waals surface area contributed by atoms with E-state index in [1.807, 2.05) is 48.0 Å². The molecule has 1 rings (SSSR count). The Bertz CT molecular complexity index is 366. The summed E-state index contributed by atoms with van der Waals surface area (Å²) in [4.78, 5) is 14.0. The van der Waals surface area contributed by atoms with Gasteiger partial charge < -0.3 is 4.90 Å². The molecule has 4 heteroatoms. The van der Waals surface area contributed by atoms with Crippen molar-refractivity contribution in [3.8, 4) is 0 Å². The fraction of sp³-hybridized carbons (Fsp3) is 0.462. The molecular weight excluding hydrogens is 345 g/mol. The third-order valence-electron chi connectivity index (χ3n) is 2.81. The van der Waals surface area contributed by atoms with Crippen molar-refractivity contribution < 1.29 is 4.79 Å². The first-order chi connectivity index (χ1) is 8.06. The van der Waals surface area contributed by atoms with E-state index in [4.69, 9.17) is 0 Å². The Morgan fingerprint density at radius 2 is 2.00 bits per heavy atom. The molecular formula is C13H18INOS. The van der Waals surface area contributed by atoms with Gasteiger partial charge >= 0.3 is 0 Å². The van der Waals surface area contributed by atoms with E-state index < -0.39 is 0 Å². The summed E-state index contributed by atoms with van der Waals surface area (Å²) < 4.78 is 1.15. The number of carbonyl (C=O) groups excluding carboxylic acids is 1. The molecule has 0 aliphatic heterocycles. The fourth-order valence-electron chi connectivity index (χ4n) is 1.48. The Kier molecular flexibility index (Phi) is 6.33. The van der Waals surface area contributed by atoms with Crippen LogP contribution >= 0.6 is 34.4 Å². The van der Waals surface area contributed by atoms with Crippen molar-refractivity contribution in [2.24, 2.45) is 0 Å². The zero-order chi connectivity index (χ0) is 12.8. The molecule has 17 heavy (non-hydrogen) atoms. The van der Waals surface area contributed by atoms with Gasteiger partial charge in [0.2, 0.25) is 0 Å². The van der Waals surface area contributed by atoms with Gasteiger partial charge in [-0.15, -0.1) is 0 Å². The van der Waals surface area contributed by atoms with Crippen molar-refractivity contribution in [3.05, 3.63) is 33.4 Å². The standard InChI is InChI=1S/C13H18INOS/c1-10(8-9-17-3)15(2)13(16)11-4-6-12(14)7-5-11/h4-7,10H,8-9H2,1-3H3. The summed E-state index contributed by atoms with van der Waals surface area (Å²) in [5, 5.41) is 0. The third-order valence-corrected chi connectivity index (χ3v) is 4.18. The quantitative estimate of drug-likeness (QED) is 0.747. The Labute approximate surface area is 121 Å². The predicted octanol–water partition coefficient (Wildman–Crippen LogP) is 3.50. The fourth-order valence-corrected chi connectivity index (χ4v) is 2.41. The molecule has 0 aliphatic carbocycles. The average Bonchev–Trinajstić information content (AvgIpc) is 2.35. The molecule has 1 aromatic rings. The number of nitrogens with zero attached hydrogens (tertiary/aromatic N) is 1. The van der Waals surface area contributed by atoms with Crippen LogP contribution in [0.2, 0.25) is 0 Å². The summed E-state index contributed by atoms with van der Waals surface area (Å²) in [5.41, 5.74) is 0.768. The van der Waals surface area contributed by atoms with Crippen LogP contribution in [0.3, 0.4) is 0 Å². The minimum absolute atomic E-state index is 0.106. The van der Waals surface area contributed by atoms with Crippen LogP contribution in [0, 0.1) is 3.57 Å². The predicted molar refractivity (Wildman–Crippen MR) is 83.7 cm³/mol. The molecule has 0 N–H and O–H groups in total. The van der Waals surface area contributed by atoms with Gasteiger partial charge in [-0.1, -0.05) is 0 Å². The van der Waals surface area contributed by atoms with E-state index in [9.17, 15) is 4.79 Å². The van der Waals surface area contributed by atoms with E-state index >= 15 is 0 Å². The first kappa shape index (κ1) is 14.8. The van der Waals surface area contributed by atoms with Crippen LogP contribution in [0.5, 0.6) is 0 Å². The number of benzene rings is 1. The van der Waals surface area contributed by atoms with Crippen LogP contribution in [-0.2, 0) is 0 Å². The van der Waals surface area contributed by atoms with Gasteiger partial charge in [-0.25, -0.2) is 0 Å². The van der Waals surface area contributed by atoms with Crippen LogP contribution in [0.15, 0.2) is 24.3 Å². The minimum Gasteiger partial charge on any atom is -0.339 e. The molecule has 0 aliphatic rings. The lowest BCUT2D eigenvalue weighted by atomic mass is 10.1. The normalized spacial score (nSPS) is 12.2. The number of carbonyl (C=O) groups is 1. The van der Waals surface area contributed by atoms with E-state index in [0.717, 1.165) is 21.3 Å². The molecule has 1 unspecified atom stereocenters. The highest BCUT2D eigenvalue weighted by Gasteiger charge is 2.16. The molecule has 0 bridgehead atoms. The van der Waals surface area contributed by atoms with Crippen LogP contribution in [0.1, 0.15) is 23.7 Å². The Morgan fingerprint density at radius 3 is 2.53 bits per heavy atom. The van der Waals surface area contributed by atoms with Crippen molar-refractivity contribution in [2.75, 3.05) is 19.1 Å². The van der Waals surface area contributed by atoms with Crippen molar-refractivity contribution in [1.82, 2.24) is 4.90 Å². The average molecular weight is 363 g/mol. The van der Waals surface area contributed by atoms with Crippen molar-refractivity contribution >= 4 is 40.3 Å². The van der Waals surface area contributed by atoms with Crippen LogP contribution < -0.4 is 0 Å². The Hall–Kier alpha value is -0.230. The highest BCUT2D eigenvalue weighted by Crippen LogP contribution is 2.12. The number of halogens is 1. The maximum atomic E-state index is 12.2. The van der Waals surface area contributed by atoms with E-state index in [2.05, 4.69) is 35.8 Å². The molecule has 0 saturated heterocycles. The molecule has 0 saturated carbocycles. The molecule has 94 valence electrons. The van der Waals surface area contributed by atoms with Crippen molar-refractivity contribution in [2.45, 2.75) is 19.4 Å². The Balaban J connectivity index is 2.65. The largest absolute Gasteiger partial charge is 0.339 e. The number of hydrogen-bond donors (Lipinski definition) is 0. The summed E-state index contributed by atoms with van der Waals surface area (Å²) in [7, 11) is 1.88. The second kappa shape index (κ2) is 7.26. The smallest absolute Gasteiger partial charge is 0.253 e. The highest BCUT2D eigenvalue weighted by molar-refractivity contribution is 14.1. The van der Waals surface area contributed by atoms with Gasteiger partial charge in [-0.05, 0) is 72.2 Å². The number of amides is 1. The highest BCUT2D eigenvalue weighted by atomic mass is 127. The summed E-state index contributed by atoms with van der Waals surface area (Å²) in [6.45, 7) is 2.10. The zero-order valence-electron chi connectivity index (χ0n) is 10.4. The SMILES string of the molecule is CSCCC(C)N(C)C(=O)c1ccc(I)cc1. The summed E-state index contributed by atoms with van der Waals surface area (Å²) in [6, 6.07) is 8.00. The minimum atomic E-state index is 0.106. The lowest BCUT2D eigenvalue weighted by Gasteiger charge is -2.24. The molecule has 1 amide bonds. The van der Waals surface area contributed by atoms with Gasteiger partial charge in [-0.3, -0.25) is 4.79 Å². The summed E-state index contributed by atoms with van der Waals surface area (Å²) >= 11 is 4.06. The van der Waals surface area contributed by atoms with E-state index in [1.165, 1.54) is 0 Å². The second-order valence-corrected chi connectivity index (χ2v) is 6.28. The van der Waals surface area contributed by atoms with Gasteiger partial charge in [-0.2, -0.15) is 11.8 Å². The first-order valence-electron chi connectivity index (χ1n) is 5.58. The zero-order valence-corrected chi connectivity index (χ0v) is 13.4. The van der Waals surface area contributed by atoms with Gasteiger partial charge in [0.05, 0.1) is 0 Å². The van der Waals surface area contributed by atoms with E-state index in [-0.39, 0.29) is 11.9 Å². The van der Waals surface area contributed by atoms with Gasteiger partial charge in [0.25, 0.3) is 5.91 Å². The molecule has 2 nitrogen and oxygen atoms in total. The molecule has 0 aromatic heterocycles. The van der Waals surface area contributed by atoms with Crippen LogP contribution in [0.25, 0.3) is 0 Å². The van der Waals surface area contributed by atoms with Crippen molar-refractivity contribution in [3.63, 3.8) is 0 Å². The number of rotatable bonds is 5. The summed E-state index contributed by atoms with van der Waals surface area (Å²) in [6.07, 6.45) is 3.13. The number of thioether (sulfide) groups is 1. The molecule has 0 spiro atoms.